The van der Waals surface area contributed by atoms with E-state index in [-0.39, 0.29) is 24.1 Å². The van der Waals surface area contributed by atoms with Gasteiger partial charge in [0, 0.05) is 72.5 Å². The number of aryl methyl sites for hydroxylation is 3. The van der Waals surface area contributed by atoms with E-state index in [1.54, 1.807) is 6.33 Å². The lowest BCUT2D eigenvalue weighted by atomic mass is 10.0. The maximum atomic E-state index is 13.5. The Morgan fingerprint density at radius 1 is 1.19 bits per heavy atom. The van der Waals surface area contributed by atoms with Crippen molar-refractivity contribution in [2.24, 2.45) is 7.05 Å². The first-order chi connectivity index (χ1) is 17.7. The molecule has 1 amide bonds. The number of imidazole rings is 1. The van der Waals surface area contributed by atoms with Gasteiger partial charge < -0.3 is 24.0 Å². The van der Waals surface area contributed by atoms with Crippen molar-refractivity contribution < 1.29 is 9.53 Å². The van der Waals surface area contributed by atoms with E-state index in [9.17, 15) is 9.59 Å². The van der Waals surface area contributed by atoms with Crippen LogP contribution in [0.2, 0.25) is 0 Å². The predicted octanol–water partition coefficient (Wildman–Crippen LogP) is 3.28. The summed E-state index contributed by atoms with van der Waals surface area (Å²) in [5.41, 5.74) is 7.65. The third-order valence-electron chi connectivity index (χ3n) is 7.46. The molecule has 0 aliphatic carbocycles. The van der Waals surface area contributed by atoms with Crippen molar-refractivity contribution >= 4 is 11.4 Å². The fourth-order valence-corrected chi connectivity index (χ4v) is 5.40. The maximum absolute atomic E-state index is 13.5. The average Bonchev–Trinajstić information content (AvgIpc) is 3.48. The molecule has 4 aromatic rings. The van der Waals surface area contributed by atoms with Crippen molar-refractivity contribution in [1.29, 1.82) is 0 Å². The number of ether oxygens (including phenoxy) is 1. The number of hydrogen-bond donors (Lipinski definition) is 2. The van der Waals surface area contributed by atoms with Gasteiger partial charge in [0.1, 0.15) is 0 Å². The SMILES string of the molecule is Cc1cc(C)c(CNC(=O)c2cc3cc(-c4cncn4C)cn3c(C(C)N3CCOCC3)c2C)c(=O)[nH]1. The van der Waals surface area contributed by atoms with Gasteiger partial charge in [-0.3, -0.25) is 14.5 Å². The highest BCUT2D eigenvalue weighted by Crippen LogP contribution is 2.32. The highest BCUT2D eigenvalue weighted by atomic mass is 16.5. The zero-order valence-corrected chi connectivity index (χ0v) is 22.1. The van der Waals surface area contributed by atoms with Crippen LogP contribution in [0.4, 0.5) is 0 Å². The number of rotatable bonds is 6. The number of carbonyl (C=O) groups is 1. The van der Waals surface area contributed by atoms with E-state index < -0.39 is 0 Å². The molecule has 5 rings (SSSR count). The van der Waals surface area contributed by atoms with E-state index >= 15 is 0 Å². The summed E-state index contributed by atoms with van der Waals surface area (Å²) in [6.07, 6.45) is 5.76. The number of nitrogens with one attached hydrogen (secondary N) is 2. The molecule has 1 atom stereocenters. The number of fused-ring (bicyclic) bond motifs is 1. The Morgan fingerprint density at radius 3 is 2.62 bits per heavy atom. The van der Waals surface area contributed by atoms with Crippen LogP contribution in [-0.4, -0.2) is 56.0 Å². The first-order valence-corrected chi connectivity index (χ1v) is 12.7. The summed E-state index contributed by atoms with van der Waals surface area (Å²) in [5, 5.41) is 3.00. The van der Waals surface area contributed by atoms with Crippen LogP contribution >= 0.6 is 0 Å². The smallest absolute Gasteiger partial charge is 0.253 e. The first-order valence-electron chi connectivity index (χ1n) is 12.7. The molecule has 37 heavy (non-hydrogen) atoms. The third kappa shape index (κ3) is 4.72. The van der Waals surface area contributed by atoms with Crippen LogP contribution < -0.4 is 10.9 Å². The molecule has 0 aromatic carbocycles. The number of nitrogens with zero attached hydrogens (tertiary/aromatic N) is 4. The molecule has 4 aromatic heterocycles. The van der Waals surface area contributed by atoms with Gasteiger partial charge in [-0.2, -0.15) is 0 Å². The minimum Gasteiger partial charge on any atom is -0.379 e. The minimum atomic E-state index is -0.196. The number of aromatic nitrogens is 4. The lowest BCUT2D eigenvalue weighted by Gasteiger charge is -2.34. The monoisotopic (exact) mass is 502 g/mol. The van der Waals surface area contributed by atoms with Gasteiger partial charge in [0.15, 0.2) is 0 Å². The molecule has 5 heterocycles. The third-order valence-corrected chi connectivity index (χ3v) is 7.46. The van der Waals surface area contributed by atoms with Crippen LogP contribution in [0.1, 0.15) is 51.4 Å². The molecule has 9 nitrogen and oxygen atoms in total. The van der Waals surface area contributed by atoms with E-state index in [4.69, 9.17) is 4.74 Å². The highest BCUT2D eigenvalue weighted by molar-refractivity contribution is 5.97. The van der Waals surface area contributed by atoms with Gasteiger partial charge in [0.25, 0.3) is 11.5 Å². The molecule has 194 valence electrons. The Hall–Kier alpha value is -3.69. The van der Waals surface area contributed by atoms with Crippen molar-refractivity contribution in [1.82, 2.24) is 29.2 Å². The summed E-state index contributed by atoms with van der Waals surface area (Å²) in [4.78, 5) is 35.5. The number of morpholine rings is 1. The zero-order valence-electron chi connectivity index (χ0n) is 22.1. The molecule has 1 aliphatic heterocycles. The normalized spacial score (nSPS) is 15.3. The number of amides is 1. The Morgan fingerprint density at radius 2 is 1.95 bits per heavy atom. The van der Waals surface area contributed by atoms with E-state index in [0.29, 0.717) is 24.3 Å². The average molecular weight is 503 g/mol. The minimum absolute atomic E-state index is 0.0770. The molecule has 0 bridgehead atoms. The van der Waals surface area contributed by atoms with Gasteiger partial charge >= 0.3 is 0 Å². The standard InChI is InChI=1S/C28H34N6O3/c1-17-10-18(2)31-28(36)24(17)13-30-27(35)23-12-22-11-21(25-14-29-16-32(25)5)15-34(22)26(19(23)3)20(4)33-6-8-37-9-7-33/h10-12,14-16,20H,6-9,13H2,1-5H3,(H,30,35)(H,31,36). The summed E-state index contributed by atoms with van der Waals surface area (Å²) in [6.45, 7) is 11.2. The zero-order chi connectivity index (χ0) is 26.3. The van der Waals surface area contributed by atoms with Crippen molar-refractivity contribution in [3.05, 3.63) is 80.9 Å². The van der Waals surface area contributed by atoms with Crippen molar-refractivity contribution in [3.63, 3.8) is 0 Å². The molecule has 1 unspecified atom stereocenters. The van der Waals surface area contributed by atoms with E-state index in [1.807, 2.05) is 50.7 Å². The van der Waals surface area contributed by atoms with Gasteiger partial charge in [-0.25, -0.2) is 4.98 Å². The molecule has 0 radical (unpaired) electrons. The largest absolute Gasteiger partial charge is 0.379 e. The Bertz CT molecular complexity index is 1520. The summed E-state index contributed by atoms with van der Waals surface area (Å²) in [6, 6.07) is 6.03. The first kappa shape index (κ1) is 25.0. The topological polar surface area (TPSA) is 96.7 Å². The van der Waals surface area contributed by atoms with Crippen LogP contribution in [0.3, 0.4) is 0 Å². The van der Waals surface area contributed by atoms with Gasteiger partial charge in [0.2, 0.25) is 0 Å². The van der Waals surface area contributed by atoms with Gasteiger partial charge in [-0.1, -0.05) is 0 Å². The molecule has 1 fully saturated rings. The second-order valence-corrected chi connectivity index (χ2v) is 9.93. The fourth-order valence-electron chi connectivity index (χ4n) is 5.40. The fraction of sp³-hybridized carbons (Fsp3) is 0.393. The number of aromatic amines is 1. The number of carbonyl (C=O) groups excluding carboxylic acids is 1. The Balaban J connectivity index is 1.56. The summed E-state index contributed by atoms with van der Waals surface area (Å²) >= 11 is 0. The molecule has 1 aliphatic rings. The van der Waals surface area contributed by atoms with Crippen LogP contribution in [0.25, 0.3) is 16.8 Å². The summed E-state index contributed by atoms with van der Waals surface area (Å²) in [5.74, 6) is -0.196. The molecule has 0 saturated carbocycles. The second kappa shape index (κ2) is 9.99. The lowest BCUT2D eigenvalue weighted by Crippen LogP contribution is -2.39. The van der Waals surface area contributed by atoms with Crippen LogP contribution in [0.15, 0.2) is 41.7 Å². The molecule has 2 N–H and O–H groups in total. The predicted molar refractivity (Wildman–Crippen MR) is 143 cm³/mol. The van der Waals surface area contributed by atoms with Crippen molar-refractivity contribution in [2.75, 3.05) is 26.3 Å². The molecule has 1 saturated heterocycles. The van der Waals surface area contributed by atoms with Gasteiger partial charge in [-0.15, -0.1) is 0 Å². The number of hydrogen-bond acceptors (Lipinski definition) is 5. The maximum Gasteiger partial charge on any atom is 0.253 e. The quantitative estimate of drug-likeness (QED) is 0.422. The molecule has 9 heteroatoms. The van der Waals surface area contributed by atoms with E-state index in [2.05, 4.69) is 43.8 Å². The molecular formula is C28H34N6O3. The van der Waals surface area contributed by atoms with Crippen LogP contribution in [0.5, 0.6) is 0 Å². The summed E-state index contributed by atoms with van der Waals surface area (Å²) < 4.78 is 9.77. The van der Waals surface area contributed by atoms with Gasteiger partial charge in [-0.05, 0) is 57.0 Å². The van der Waals surface area contributed by atoms with E-state index in [1.165, 1.54) is 0 Å². The lowest BCUT2D eigenvalue weighted by molar-refractivity contribution is 0.0187. The van der Waals surface area contributed by atoms with Crippen LogP contribution in [-0.2, 0) is 18.3 Å². The summed E-state index contributed by atoms with van der Waals surface area (Å²) in [7, 11) is 1.97. The van der Waals surface area contributed by atoms with Gasteiger partial charge in [0.05, 0.1) is 31.4 Å². The van der Waals surface area contributed by atoms with Crippen molar-refractivity contribution in [2.45, 2.75) is 40.3 Å². The van der Waals surface area contributed by atoms with Crippen LogP contribution in [0, 0.1) is 20.8 Å². The second-order valence-electron chi connectivity index (χ2n) is 9.93. The Labute approximate surface area is 216 Å². The van der Waals surface area contributed by atoms with E-state index in [0.717, 1.165) is 52.4 Å². The molecule has 0 spiro atoms. The Kier molecular flexibility index (Phi) is 6.74. The number of pyridine rings is 2. The van der Waals surface area contributed by atoms with Crippen molar-refractivity contribution in [3.8, 4) is 11.3 Å². The molecular weight excluding hydrogens is 468 g/mol. The highest BCUT2D eigenvalue weighted by Gasteiger charge is 2.26. The number of H-pyrrole nitrogens is 1.